The van der Waals surface area contributed by atoms with Crippen LogP contribution in [-0.2, 0) is 17.9 Å². The Morgan fingerprint density at radius 1 is 0.974 bits per heavy atom. The summed E-state index contributed by atoms with van der Waals surface area (Å²) in [5, 5.41) is 2.22. The van der Waals surface area contributed by atoms with E-state index < -0.39 is 5.91 Å². The summed E-state index contributed by atoms with van der Waals surface area (Å²) in [7, 11) is 1.56. The molecule has 0 N–H and O–H groups in total. The van der Waals surface area contributed by atoms with Gasteiger partial charge < -0.3 is 18.9 Å². The first-order chi connectivity index (χ1) is 19.0. The Labute approximate surface area is 233 Å². The summed E-state index contributed by atoms with van der Waals surface area (Å²) in [6, 6.07) is 22.9. The molecule has 196 valence electrons. The van der Waals surface area contributed by atoms with Gasteiger partial charge in [-0.3, -0.25) is 14.5 Å². The van der Waals surface area contributed by atoms with E-state index in [0.29, 0.717) is 45.8 Å². The minimum atomic E-state index is -0.415. The van der Waals surface area contributed by atoms with E-state index in [2.05, 4.69) is 18.2 Å². The molecule has 6 rings (SSSR count). The second kappa shape index (κ2) is 10.6. The van der Waals surface area contributed by atoms with Gasteiger partial charge in [0.2, 0.25) is 6.79 Å². The third kappa shape index (κ3) is 4.89. The van der Waals surface area contributed by atoms with Crippen LogP contribution in [0.3, 0.4) is 0 Å². The van der Waals surface area contributed by atoms with E-state index in [4.69, 9.17) is 30.5 Å². The van der Waals surface area contributed by atoms with E-state index in [0.717, 1.165) is 33.0 Å². The molecule has 0 aromatic heterocycles. The van der Waals surface area contributed by atoms with Crippen molar-refractivity contribution in [2.24, 2.45) is 0 Å². The van der Waals surface area contributed by atoms with E-state index >= 15 is 0 Å². The molecule has 2 heterocycles. The van der Waals surface area contributed by atoms with Crippen LogP contribution in [-0.4, -0.2) is 29.9 Å². The zero-order chi connectivity index (χ0) is 26.9. The molecule has 0 aliphatic carbocycles. The van der Waals surface area contributed by atoms with Crippen LogP contribution in [0.25, 0.3) is 16.8 Å². The molecule has 2 aliphatic rings. The summed E-state index contributed by atoms with van der Waals surface area (Å²) >= 11 is 7.26. The summed E-state index contributed by atoms with van der Waals surface area (Å²) < 4.78 is 22.6. The number of methoxy groups -OCH3 is 1. The smallest absolute Gasteiger partial charge is 0.293 e. The number of para-hydroxylation sites is 1. The predicted molar refractivity (Wildman–Crippen MR) is 150 cm³/mol. The molecule has 2 aliphatic heterocycles. The van der Waals surface area contributed by atoms with Crippen molar-refractivity contribution in [3.05, 3.63) is 99.4 Å². The van der Waals surface area contributed by atoms with Crippen molar-refractivity contribution in [1.82, 2.24) is 4.90 Å². The average molecular weight is 560 g/mol. The van der Waals surface area contributed by atoms with Crippen LogP contribution < -0.4 is 18.9 Å². The van der Waals surface area contributed by atoms with E-state index in [1.54, 1.807) is 31.4 Å². The molecule has 0 atom stereocenters. The average Bonchev–Trinajstić information content (AvgIpc) is 3.51. The standard InChI is InChI=1S/C30H22ClNO6S/c1-35-24-11-5-8-19(28(24)36-16-20-9-4-7-18-6-2-3-10-22(18)20)13-27-29(33)32(30(34)39-27)15-21-12-25-26(14-23(21)31)38-17-37-25/h2-14H,15-17H2,1H3/b27-13-. The van der Waals surface area contributed by atoms with Gasteiger partial charge in [-0.15, -0.1) is 0 Å². The lowest BCUT2D eigenvalue weighted by atomic mass is 10.1. The minimum absolute atomic E-state index is 0.0139. The van der Waals surface area contributed by atoms with Gasteiger partial charge in [0.05, 0.1) is 18.6 Å². The molecule has 0 radical (unpaired) electrons. The summed E-state index contributed by atoms with van der Waals surface area (Å²) in [6.07, 6.45) is 1.66. The Balaban J connectivity index is 1.27. The number of hydrogen-bond acceptors (Lipinski definition) is 7. The number of rotatable bonds is 7. The fourth-order valence-electron chi connectivity index (χ4n) is 4.56. The van der Waals surface area contributed by atoms with Crippen molar-refractivity contribution in [3.63, 3.8) is 0 Å². The number of imide groups is 1. The summed E-state index contributed by atoms with van der Waals surface area (Å²) in [5.41, 5.74) is 2.23. The van der Waals surface area contributed by atoms with Crippen LogP contribution >= 0.6 is 23.4 Å². The molecule has 1 saturated heterocycles. The number of thioether (sulfide) groups is 1. The topological polar surface area (TPSA) is 74.3 Å². The molecule has 2 amide bonds. The Kier molecular flexibility index (Phi) is 6.81. The maximum atomic E-state index is 13.3. The van der Waals surface area contributed by atoms with E-state index in [1.807, 2.05) is 36.4 Å². The predicted octanol–water partition coefficient (Wildman–Crippen LogP) is 7.05. The lowest BCUT2D eigenvalue weighted by molar-refractivity contribution is -0.123. The number of fused-ring (bicyclic) bond motifs is 2. The second-order valence-electron chi connectivity index (χ2n) is 8.87. The molecule has 7 nitrogen and oxygen atoms in total. The quantitative estimate of drug-likeness (QED) is 0.225. The van der Waals surface area contributed by atoms with E-state index in [9.17, 15) is 9.59 Å². The Morgan fingerprint density at radius 2 is 1.74 bits per heavy atom. The molecule has 9 heteroatoms. The molecule has 39 heavy (non-hydrogen) atoms. The van der Waals surface area contributed by atoms with Gasteiger partial charge >= 0.3 is 0 Å². The fraction of sp³-hybridized carbons (Fsp3) is 0.133. The second-order valence-corrected chi connectivity index (χ2v) is 10.3. The van der Waals surface area contributed by atoms with Gasteiger partial charge in [0.15, 0.2) is 23.0 Å². The normalized spacial score (nSPS) is 15.4. The molecule has 1 fully saturated rings. The summed E-state index contributed by atoms with van der Waals surface area (Å²) in [5.74, 6) is 1.66. The van der Waals surface area contributed by atoms with E-state index in [1.165, 1.54) is 0 Å². The van der Waals surface area contributed by atoms with Crippen molar-refractivity contribution < 1.29 is 28.5 Å². The number of carbonyl (C=O) groups is 2. The number of halogens is 1. The third-order valence-corrected chi connectivity index (χ3v) is 7.77. The zero-order valence-corrected chi connectivity index (χ0v) is 22.4. The van der Waals surface area contributed by atoms with Gasteiger partial charge in [-0.05, 0) is 51.9 Å². The Morgan fingerprint density at radius 3 is 2.59 bits per heavy atom. The number of nitrogens with zero attached hydrogens (tertiary/aromatic N) is 1. The van der Waals surface area contributed by atoms with Gasteiger partial charge in [-0.25, -0.2) is 0 Å². The third-order valence-electron chi connectivity index (χ3n) is 6.51. The molecular formula is C30H22ClNO6S. The lowest BCUT2D eigenvalue weighted by Crippen LogP contribution is -2.27. The minimum Gasteiger partial charge on any atom is -0.493 e. The fourth-order valence-corrected chi connectivity index (χ4v) is 5.60. The van der Waals surface area contributed by atoms with Crippen LogP contribution in [0.2, 0.25) is 5.02 Å². The van der Waals surface area contributed by atoms with Crippen LogP contribution in [0, 0.1) is 0 Å². The number of benzene rings is 4. The highest BCUT2D eigenvalue weighted by atomic mass is 35.5. The van der Waals surface area contributed by atoms with Gasteiger partial charge in [0.25, 0.3) is 11.1 Å². The van der Waals surface area contributed by atoms with Crippen molar-refractivity contribution in [2.45, 2.75) is 13.2 Å². The lowest BCUT2D eigenvalue weighted by Gasteiger charge is -2.15. The number of ether oxygens (including phenoxy) is 4. The molecule has 0 spiro atoms. The molecule has 4 aromatic rings. The first kappa shape index (κ1) is 25.2. The van der Waals surface area contributed by atoms with Crippen LogP contribution in [0.15, 0.2) is 77.7 Å². The van der Waals surface area contributed by atoms with Crippen molar-refractivity contribution in [1.29, 1.82) is 0 Å². The van der Waals surface area contributed by atoms with Gasteiger partial charge in [-0.1, -0.05) is 66.2 Å². The van der Waals surface area contributed by atoms with Crippen molar-refractivity contribution in [2.75, 3.05) is 13.9 Å². The van der Waals surface area contributed by atoms with Gasteiger partial charge in [0, 0.05) is 16.7 Å². The Hall–Kier alpha value is -4.14. The molecule has 4 aromatic carbocycles. The van der Waals surface area contributed by atoms with E-state index in [-0.39, 0.29) is 23.5 Å². The van der Waals surface area contributed by atoms with Crippen molar-refractivity contribution in [3.8, 4) is 23.0 Å². The Bertz CT molecular complexity index is 1650. The number of amides is 2. The first-order valence-electron chi connectivity index (χ1n) is 12.1. The highest BCUT2D eigenvalue weighted by Gasteiger charge is 2.36. The summed E-state index contributed by atoms with van der Waals surface area (Å²) in [4.78, 5) is 27.6. The highest BCUT2D eigenvalue weighted by Crippen LogP contribution is 2.41. The molecule has 0 saturated carbocycles. The maximum Gasteiger partial charge on any atom is 0.293 e. The zero-order valence-electron chi connectivity index (χ0n) is 20.8. The maximum absolute atomic E-state index is 13.3. The number of hydrogen-bond donors (Lipinski definition) is 0. The first-order valence-corrected chi connectivity index (χ1v) is 13.3. The van der Waals surface area contributed by atoms with Gasteiger partial charge in [-0.2, -0.15) is 0 Å². The number of carbonyl (C=O) groups excluding carboxylic acids is 2. The monoisotopic (exact) mass is 559 g/mol. The largest absolute Gasteiger partial charge is 0.493 e. The van der Waals surface area contributed by atoms with Crippen LogP contribution in [0.1, 0.15) is 16.7 Å². The van der Waals surface area contributed by atoms with Crippen molar-refractivity contribution >= 4 is 51.4 Å². The SMILES string of the molecule is COc1cccc(/C=C2\SC(=O)N(Cc3cc4c(cc3Cl)OCO4)C2=O)c1OCc1cccc2ccccc12. The molecule has 0 bridgehead atoms. The van der Waals surface area contributed by atoms with Gasteiger partial charge in [0.1, 0.15) is 6.61 Å². The highest BCUT2D eigenvalue weighted by molar-refractivity contribution is 8.18. The molecule has 0 unspecified atom stereocenters. The van der Waals surface area contributed by atoms with Crippen LogP contribution in [0.4, 0.5) is 4.79 Å². The van der Waals surface area contributed by atoms with Crippen LogP contribution in [0.5, 0.6) is 23.0 Å². The summed E-state index contributed by atoms with van der Waals surface area (Å²) in [6.45, 7) is 0.414. The molecular weight excluding hydrogens is 538 g/mol.